The Morgan fingerprint density at radius 1 is 0.895 bits per heavy atom. The summed E-state index contributed by atoms with van der Waals surface area (Å²) < 4.78 is 0. The third-order valence-corrected chi connectivity index (χ3v) is 8.57. The van der Waals surface area contributed by atoms with Gasteiger partial charge >= 0.3 is 0 Å². The summed E-state index contributed by atoms with van der Waals surface area (Å²) in [6.45, 7) is 6.49. The first-order valence-corrected chi connectivity index (χ1v) is 14.7. The SMILES string of the molecule is CN1CCC(CC(=O)N2CCN(Cc3ccccc3)CCCN(C(=O)C3CC3)c3cc(Cl)ccc3C2)CC1. The number of likely N-dealkylation sites (tertiary alicyclic amines) is 1. The van der Waals surface area contributed by atoms with E-state index in [-0.39, 0.29) is 17.7 Å². The maximum absolute atomic E-state index is 13.8. The molecule has 0 atom stereocenters. The second-order valence-electron chi connectivity index (χ2n) is 11.4. The quantitative estimate of drug-likeness (QED) is 0.536. The Kier molecular flexibility index (Phi) is 9.03. The monoisotopic (exact) mass is 536 g/mol. The number of hydrogen-bond acceptors (Lipinski definition) is 4. The van der Waals surface area contributed by atoms with Crippen molar-refractivity contribution in [3.05, 3.63) is 64.7 Å². The van der Waals surface area contributed by atoms with E-state index in [0.717, 1.165) is 76.1 Å². The number of piperidine rings is 1. The van der Waals surface area contributed by atoms with Gasteiger partial charge in [0.1, 0.15) is 0 Å². The Bertz CT molecular complexity index is 1100. The van der Waals surface area contributed by atoms with Crippen LogP contribution in [0, 0.1) is 11.8 Å². The normalized spacial score (nSPS) is 20.6. The van der Waals surface area contributed by atoms with Gasteiger partial charge in [-0.25, -0.2) is 0 Å². The van der Waals surface area contributed by atoms with Crippen LogP contribution in [0.25, 0.3) is 0 Å². The molecule has 204 valence electrons. The fourth-order valence-corrected chi connectivity index (χ4v) is 5.95. The van der Waals surface area contributed by atoms with E-state index < -0.39 is 0 Å². The predicted octanol–water partition coefficient (Wildman–Crippen LogP) is 5.05. The highest BCUT2D eigenvalue weighted by molar-refractivity contribution is 6.31. The van der Waals surface area contributed by atoms with Crippen LogP contribution in [-0.4, -0.2) is 72.8 Å². The van der Waals surface area contributed by atoms with Crippen LogP contribution in [0.1, 0.15) is 49.7 Å². The molecule has 3 aliphatic rings. The molecule has 6 nitrogen and oxygen atoms in total. The Labute approximate surface area is 232 Å². The zero-order chi connectivity index (χ0) is 26.5. The Hall–Kier alpha value is -2.41. The smallest absolute Gasteiger partial charge is 0.230 e. The van der Waals surface area contributed by atoms with Crippen molar-refractivity contribution in [2.75, 3.05) is 51.2 Å². The molecule has 2 fully saturated rings. The fraction of sp³-hybridized carbons (Fsp3) is 0.548. The highest BCUT2D eigenvalue weighted by Gasteiger charge is 2.35. The highest BCUT2D eigenvalue weighted by atomic mass is 35.5. The van der Waals surface area contributed by atoms with Gasteiger partial charge < -0.3 is 14.7 Å². The summed E-state index contributed by atoms with van der Waals surface area (Å²) in [5.74, 6) is 0.982. The third-order valence-electron chi connectivity index (χ3n) is 8.34. The molecule has 0 aromatic heterocycles. The molecule has 2 aromatic rings. The number of benzene rings is 2. The average Bonchev–Trinajstić information content (AvgIpc) is 3.76. The molecule has 0 unspecified atom stereocenters. The van der Waals surface area contributed by atoms with Crippen LogP contribution >= 0.6 is 11.6 Å². The van der Waals surface area contributed by atoms with Crippen molar-refractivity contribution >= 4 is 29.1 Å². The maximum Gasteiger partial charge on any atom is 0.230 e. The Morgan fingerprint density at radius 2 is 1.66 bits per heavy atom. The van der Waals surface area contributed by atoms with E-state index in [9.17, 15) is 9.59 Å². The molecule has 0 spiro atoms. The van der Waals surface area contributed by atoms with Crippen LogP contribution in [0.2, 0.25) is 5.02 Å². The van der Waals surface area contributed by atoms with E-state index in [1.807, 2.05) is 34.1 Å². The minimum Gasteiger partial charge on any atom is -0.337 e. The van der Waals surface area contributed by atoms with E-state index in [0.29, 0.717) is 37.0 Å². The van der Waals surface area contributed by atoms with E-state index >= 15 is 0 Å². The van der Waals surface area contributed by atoms with Crippen molar-refractivity contribution in [3.63, 3.8) is 0 Å². The van der Waals surface area contributed by atoms with E-state index in [1.165, 1.54) is 5.56 Å². The molecule has 0 bridgehead atoms. The molecule has 2 aromatic carbocycles. The number of carbonyl (C=O) groups excluding carboxylic acids is 2. The standard InChI is InChI=1S/C31H41ClN4O2/c1-33-16-12-24(13-17-33)20-30(37)35-19-18-34(22-25-6-3-2-4-7-25)14-5-15-36(31(38)26-8-9-26)29-21-28(32)11-10-27(29)23-35/h2-4,6-7,10-11,21,24,26H,5,8-9,12-20,22-23H2,1H3. The highest BCUT2D eigenvalue weighted by Crippen LogP contribution is 2.35. The average molecular weight is 537 g/mol. The lowest BCUT2D eigenvalue weighted by Crippen LogP contribution is -2.40. The summed E-state index contributed by atoms with van der Waals surface area (Å²) in [6.07, 6.45) is 5.55. The molecular weight excluding hydrogens is 496 g/mol. The largest absolute Gasteiger partial charge is 0.337 e. The number of nitrogens with zero attached hydrogens (tertiary/aromatic N) is 4. The van der Waals surface area contributed by atoms with Gasteiger partial charge in [-0.2, -0.15) is 0 Å². The number of hydrogen-bond donors (Lipinski definition) is 0. The van der Waals surface area contributed by atoms with Gasteiger partial charge in [-0.15, -0.1) is 0 Å². The lowest BCUT2D eigenvalue weighted by Gasteiger charge is -2.32. The summed E-state index contributed by atoms with van der Waals surface area (Å²) >= 11 is 6.46. The van der Waals surface area contributed by atoms with Gasteiger partial charge in [0.15, 0.2) is 0 Å². The number of anilines is 1. The summed E-state index contributed by atoms with van der Waals surface area (Å²) in [5, 5.41) is 0.627. The van der Waals surface area contributed by atoms with Crippen LogP contribution in [0.4, 0.5) is 5.69 Å². The lowest BCUT2D eigenvalue weighted by molar-refractivity contribution is -0.133. The number of carbonyl (C=O) groups is 2. The molecule has 0 N–H and O–H groups in total. The number of rotatable bonds is 5. The molecular formula is C31H41ClN4O2. The molecule has 0 radical (unpaired) electrons. The minimum atomic E-state index is 0.120. The van der Waals surface area contributed by atoms with Crippen LogP contribution in [0.5, 0.6) is 0 Å². The second-order valence-corrected chi connectivity index (χ2v) is 11.9. The van der Waals surface area contributed by atoms with Gasteiger partial charge in [0.25, 0.3) is 0 Å². The molecule has 5 rings (SSSR count). The molecule has 1 saturated carbocycles. The first-order valence-electron chi connectivity index (χ1n) is 14.3. The summed E-state index contributed by atoms with van der Waals surface area (Å²) in [4.78, 5) is 36.0. The topological polar surface area (TPSA) is 47.1 Å². The maximum atomic E-state index is 13.8. The van der Waals surface area contributed by atoms with Gasteiger partial charge in [0.05, 0.1) is 5.69 Å². The van der Waals surface area contributed by atoms with Crippen LogP contribution in [-0.2, 0) is 22.7 Å². The molecule has 2 aliphatic heterocycles. The van der Waals surface area contributed by atoms with Crippen molar-refractivity contribution in [1.82, 2.24) is 14.7 Å². The molecule has 7 heteroatoms. The second kappa shape index (κ2) is 12.6. The zero-order valence-electron chi connectivity index (χ0n) is 22.7. The van der Waals surface area contributed by atoms with Crippen molar-refractivity contribution in [2.24, 2.45) is 11.8 Å². The number of fused-ring (bicyclic) bond motifs is 1. The summed E-state index contributed by atoms with van der Waals surface area (Å²) in [5.41, 5.74) is 3.16. The Morgan fingerprint density at radius 3 is 2.39 bits per heavy atom. The Balaban J connectivity index is 1.41. The first kappa shape index (κ1) is 27.2. The number of halogens is 1. The molecule has 2 heterocycles. The molecule has 38 heavy (non-hydrogen) atoms. The van der Waals surface area contributed by atoms with Gasteiger partial charge in [0, 0.05) is 56.6 Å². The summed E-state index contributed by atoms with van der Waals surface area (Å²) in [6, 6.07) is 16.4. The third kappa shape index (κ3) is 7.16. The van der Waals surface area contributed by atoms with E-state index in [4.69, 9.17) is 11.6 Å². The van der Waals surface area contributed by atoms with Crippen LogP contribution < -0.4 is 4.90 Å². The first-order chi connectivity index (χ1) is 18.5. The zero-order valence-corrected chi connectivity index (χ0v) is 23.4. The summed E-state index contributed by atoms with van der Waals surface area (Å²) in [7, 11) is 2.16. The van der Waals surface area contributed by atoms with Crippen molar-refractivity contribution in [1.29, 1.82) is 0 Å². The van der Waals surface area contributed by atoms with Gasteiger partial charge in [-0.1, -0.05) is 48.0 Å². The molecule has 2 amide bonds. The van der Waals surface area contributed by atoms with Crippen molar-refractivity contribution < 1.29 is 9.59 Å². The van der Waals surface area contributed by atoms with Crippen LogP contribution in [0.15, 0.2) is 48.5 Å². The van der Waals surface area contributed by atoms with Gasteiger partial charge in [-0.05, 0) is 81.4 Å². The molecule has 1 aliphatic carbocycles. The number of amides is 2. The fourth-order valence-electron chi connectivity index (χ4n) is 5.79. The predicted molar refractivity (Wildman–Crippen MR) is 153 cm³/mol. The van der Waals surface area contributed by atoms with E-state index in [2.05, 4.69) is 41.1 Å². The lowest BCUT2D eigenvalue weighted by atomic mass is 9.93. The van der Waals surface area contributed by atoms with Gasteiger partial charge in [0.2, 0.25) is 11.8 Å². The van der Waals surface area contributed by atoms with Crippen LogP contribution in [0.3, 0.4) is 0 Å². The molecule has 1 saturated heterocycles. The van der Waals surface area contributed by atoms with Crippen molar-refractivity contribution in [3.8, 4) is 0 Å². The van der Waals surface area contributed by atoms with Gasteiger partial charge in [-0.3, -0.25) is 14.5 Å². The minimum absolute atomic E-state index is 0.120. The van der Waals surface area contributed by atoms with Crippen molar-refractivity contribution in [2.45, 2.75) is 51.6 Å². The van der Waals surface area contributed by atoms with E-state index in [1.54, 1.807) is 0 Å².